The van der Waals surface area contributed by atoms with Crippen molar-refractivity contribution in [3.63, 3.8) is 0 Å². The molecule has 0 aliphatic carbocycles. The van der Waals surface area contributed by atoms with E-state index in [9.17, 15) is 9.18 Å². The molecule has 1 aromatic carbocycles. The summed E-state index contributed by atoms with van der Waals surface area (Å²) in [4.78, 5) is 16.9. The highest BCUT2D eigenvalue weighted by Crippen LogP contribution is 2.33. The van der Waals surface area contributed by atoms with Gasteiger partial charge in [0.05, 0.1) is 18.9 Å². The van der Waals surface area contributed by atoms with E-state index in [0.29, 0.717) is 20.2 Å². The number of amides is 1. The second kappa shape index (κ2) is 5.51. The highest BCUT2D eigenvalue weighted by Gasteiger charge is 2.14. The normalized spacial score (nSPS) is 10.9. The van der Waals surface area contributed by atoms with Gasteiger partial charge in [0.15, 0.2) is 5.13 Å². The fraction of sp³-hybridized carbons (Fsp3) is 0. The first-order valence-electron chi connectivity index (χ1n) is 5.35. The van der Waals surface area contributed by atoms with Gasteiger partial charge in [0, 0.05) is 4.47 Å². The molecule has 0 bridgehead atoms. The third-order valence-corrected chi connectivity index (χ3v) is 6.63. The lowest BCUT2D eigenvalue weighted by atomic mass is 10.3. The maximum absolute atomic E-state index is 13.1. The molecule has 0 unspecified atom stereocenters. The molecule has 2 heterocycles. The zero-order chi connectivity index (χ0) is 14.3. The van der Waals surface area contributed by atoms with Gasteiger partial charge in [-0.1, -0.05) is 11.3 Å². The number of thiophene rings is 1. The van der Waals surface area contributed by atoms with E-state index in [1.807, 2.05) is 0 Å². The first-order valence-corrected chi connectivity index (χ1v) is 8.57. The van der Waals surface area contributed by atoms with E-state index in [1.165, 1.54) is 34.8 Å². The van der Waals surface area contributed by atoms with Gasteiger partial charge in [0.25, 0.3) is 5.91 Å². The Balaban J connectivity index is 1.87. The standard InChI is InChI=1S/C12H5Br2FN2OS2/c13-6-4-9(19-10(6)14)11(18)17-12-16-7-2-1-5(15)3-8(7)20-12/h1-4H,(H,16,17,18). The van der Waals surface area contributed by atoms with Crippen LogP contribution in [0.2, 0.25) is 0 Å². The molecule has 102 valence electrons. The summed E-state index contributed by atoms with van der Waals surface area (Å²) in [6, 6.07) is 6.08. The smallest absolute Gasteiger partial charge is 0.267 e. The van der Waals surface area contributed by atoms with E-state index in [1.54, 1.807) is 12.1 Å². The largest absolute Gasteiger partial charge is 0.297 e. The van der Waals surface area contributed by atoms with Crippen LogP contribution in [0.4, 0.5) is 9.52 Å². The number of thiazole rings is 1. The van der Waals surface area contributed by atoms with E-state index >= 15 is 0 Å². The molecule has 0 saturated carbocycles. The van der Waals surface area contributed by atoms with Gasteiger partial charge in [-0.15, -0.1) is 11.3 Å². The molecule has 0 aliphatic rings. The van der Waals surface area contributed by atoms with Crippen molar-refractivity contribution in [3.05, 3.63) is 43.2 Å². The predicted octanol–water partition coefficient (Wildman–Crippen LogP) is 5.27. The minimum atomic E-state index is -0.315. The van der Waals surface area contributed by atoms with Crippen LogP contribution in [0.5, 0.6) is 0 Å². The van der Waals surface area contributed by atoms with Gasteiger partial charge in [-0.05, 0) is 56.1 Å². The van der Waals surface area contributed by atoms with Gasteiger partial charge in [0.2, 0.25) is 0 Å². The quantitative estimate of drug-likeness (QED) is 0.595. The van der Waals surface area contributed by atoms with E-state index in [0.717, 1.165) is 8.26 Å². The number of aromatic nitrogens is 1. The van der Waals surface area contributed by atoms with Crippen molar-refractivity contribution in [2.24, 2.45) is 0 Å². The number of carbonyl (C=O) groups excluding carboxylic acids is 1. The lowest BCUT2D eigenvalue weighted by Gasteiger charge is -1.96. The first kappa shape index (κ1) is 14.1. The Morgan fingerprint density at radius 3 is 2.75 bits per heavy atom. The lowest BCUT2D eigenvalue weighted by molar-refractivity contribution is 0.103. The number of anilines is 1. The Kier molecular flexibility index (Phi) is 3.89. The zero-order valence-electron chi connectivity index (χ0n) is 9.62. The van der Waals surface area contributed by atoms with Crippen molar-refractivity contribution in [3.8, 4) is 0 Å². The van der Waals surface area contributed by atoms with Gasteiger partial charge >= 0.3 is 0 Å². The lowest BCUT2D eigenvalue weighted by Crippen LogP contribution is -2.09. The number of hydrogen-bond acceptors (Lipinski definition) is 4. The molecular weight excluding hydrogens is 431 g/mol. The number of nitrogens with one attached hydrogen (secondary N) is 1. The minimum absolute atomic E-state index is 0.235. The molecule has 0 radical (unpaired) electrons. The average molecular weight is 436 g/mol. The van der Waals surface area contributed by atoms with Crippen molar-refractivity contribution < 1.29 is 9.18 Å². The Bertz CT molecular complexity index is 796. The molecule has 3 aromatic rings. The number of hydrogen-bond donors (Lipinski definition) is 1. The number of nitrogens with zero attached hydrogens (tertiary/aromatic N) is 1. The van der Waals surface area contributed by atoms with Crippen LogP contribution in [0, 0.1) is 5.82 Å². The average Bonchev–Trinajstić information content (AvgIpc) is 2.93. The summed E-state index contributed by atoms with van der Waals surface area (Å²) in [6.07, 6.45) is 0. The van der Waals surface area contributed by atoms with Crippen molar-refractivity contribution in [2.75, 3.05) is 5.32 Å². The molecule has 0 spiro atoms. The fourth-order valence-corrected chi connectivity index (χ4v) is 4.39. The van der Waals surface area contributed by atoms with Crippen molar-refractivity contribution in [1.82, 2.24) is 4.98 Å². The second-order valence-electron chi connectivity index (χ2n) is 3.82. The first-order chi connectivity index (χ1) is 9.52. The highest BCUT2D eigenvalue weighted by atomic mass is 79.9. The topological polar surface area (TPSA) is 42.0 Å². The van der Waals surface area contributed by atoms with Crippen LogP contribution in [0.15, 0.2) is 32.5 Å². The van der Waals surface area contributed by atoms with E-state index < -0.39 is 0 Å². The molecule has 8 heteroatoms. The Morgan fingerprint density at radius 2 is 2.05 bits per heavy atom. The van der Waals surface area contributed by atoms with Crippen LogP contribution in [-0.2, 0) is 0 Å². The Labute approximate surface area is 138 Å². The maximum atomic E-state index is 13.1. The molecule has 3 nitrogen and oxygen atoms in total. The zero-order valence-corrected chi connectivity index (χ0v) is 14.4. The van der Waals surface area contributed by atoms with Crippen LogP contribution < -0.4 is 5.32 Å². The van der Waals surface area contributed by atoms with Crippen LogP contribution >= 0.6 is 54.5 Å². The van der Waals surface area contributed by atoms with Crippen LogP contribution in [0.25, 0.3) is 10.2 Å². The fourth-order valence-electron chi connectivity index (χ4n) is 1.57. The highest BCUT2D eigenvalue weighted by molar-refractivity contribution is 9.13. The Morgan fingerprint density at radius 1 is 1.25 bits per heavy atom. The molecular formula is C12H5Br2FN2OS2. The monoisotopic (exact) mass is 434 g/mol. The van der Waals surface area contributed by atoms with Gasteiger partial charge in [-0.2, -0.15) is 0 Å². The third-order valence-electron chi connectivity index (χ3n) is 2.44. The summed E-state index contributed by atoms with van der Waals surface area (Å²) in [5.74, 6) is -0.550. The van der Waals surface area contributed by atoms with E-state index in [4.69, 9.17) is 0 Å². The third kappa shape index (κ3) is 2.78. The molecule has 0 atom stereocenters. The molecule has 1 N–H and O–H groups in total. The summed E-state index contributed by atoms with van der Waals surface area (Å²) in [5.41, 5.74) is 0.667. The summed E-state index contributed by atoms with van der Waals surface area (Å²) >= 11 is 9.25. The maximum Gasteiger partial charge on any atom is 0.267 e. The van der Waals surface area contributed by atoms with Crippen molar-refractivity contribution >= 4 is 75.8 Å². The van der Waals surface area contributed by atoms with Gasteiger partial charge in [-0.3, -0.25) is 10.1 Å². The van der Waals surface area contributed by atoms with E-state index in [2.05, 4.69) is 42.2 Å². The van der Waals surface area contributed by atoms with Crippen LogP contribution in [0.1, 0.15) is 9.67 Å². The molecule has 0 fully saturated rings. The van der Waals surface area contributed by atoms with Crippen LogP contribution in [-0.4, -0.2) is 10.9 Å². The SMILES string of the molecule is O=C(Nc1nc2ccc(F)cc2s1)c1cc(Br)c(Br)s1. The minimum Gasteiger partial charge on any atom is -0.297 e. The molecule has 0 aliphatic heterocycles. The second-order valence-corrected chi connectivity index (χ2v) is 8.07. The van der Waals surface area contributed by atoms with Crippen molar-refractivity contribution in [1.29, 1.82) is 0 Å². The van der Waals surface area contributed by atoms with Gasteiger partial charge in [0.1, 0.15) is 5.82 Å². The molecule has 0 saturated heterocycles. The van der Waals surface area contributed by atoms with Crippen molar-refractivity contribution in [2.45, 2.75) is 0 Å². The molecule has 1 amide bonds. The Hall–Kier alpha value is -0.830. The summed E-state index contributed by atoms with van der Waals surface area (Å²) < 4.78 is 15.5. The predicted molar refractivity (Wildman–Crippen MR) is 87.3 cm³/mol. The molecule has 3 rings (SSSR count). The summed E-state index contributed by atoms with van der Waals surface area (Å²) in [5, 5.41) is 3.18. The summed E-state index contributed by atoms with van der Waals surface area (Å²) in [7, 11) is 0. The number of carbonyl (C=O) groups is 1. The number of fused-ring (bicyclic) bond motifs is 1. The number of benzene rings is 1. The summed E-state index contributed by atoms with van der Waals surface area (Å²) in [6.45, 7) is 0. The number of rotatable bonds is 2. The van der Waals surface area contributed by atoms with E-state index in [-0.39, 0.29) is 11.7 Å². The number of halogens is 3. The molecule has 20 heavy (non-hydrogen) atoms. The van der Waals surface area contributed by atoms with Gasteiger partial charge in [-0.25, -0.2) is 9.37 Å². The molecule has 2 aromatic heterocycles. The van der Waals surface area contributed by atoms with Gasteiger partial charge < -0.3 is 0 Å². The van der Waals surface area contributed by atoms with Crippen LogP contribution in [0.3, 0.4) is 0 Å².